The quantitative estimate of drug-likeness (QED) is 0.699. The largest absolute Gasteiger partial charge is 0.489 e. The van der Waals surface area contributed by atoms with E-state index in [-0.39, 0.29) is 11.9 Å². The Balaban J connectivity index is 2.06. The predicted octanol–water partition coefficient (Wildman–Crippen LogP) is 2.92. The molecule has 0 saturated carbocycles. The molecule has 108 valence electrons. The van der Waals surface area contributed by atoms with E-state index in [2.05, 4.69) is 5.32 Å². The first-order valence-corrected chi connectivity index (χ1v) is 6.81. The van der Waals surface area contributed by atoms with Gasteiger partial charge in [0.05, 0.1) is 6.10 Å². The van der Waals surface area contributed by atoms with Gasteiger partial charge in [0.2, 0.25) is 0 Å². The molecule has 1 aromatic carbocycles. The second kappa shape index (κ2) is 8.88. The molecule has 0 bridgehead atoms. The standard InChI is InChI=1S/C15H24FNO2/c1-12(2)18-10-5-8-17-9-11-19-14-7-4-6-13(3)15(14)16/h4,6-7,12,17H,5,8-11H2,1-3H3. The van der Waals surface area contributed by atoms with Crippen LogP contribution in [0.15, 0.2) is 18.2 Å². The second-order valence-corrected chi connectivity index (χ2v) is 4.76. The first-order valence-electron chi connectivity index (χ1n) is 6.81. The van der Waals surface area contributed by atoms with Crippen LogP contribution in [0.2, 0.25) is 0 Å². The molecule has 4 heteroatoms. The van der Waals surface area contributed by atoms with Crippen molar-refractivity contribution < 1.29 is 13.9 Å². The molecule has 0 atom stereocenters. The van der Waals surface area contributed by atoms with E-state index >= 15 is 0 Å². The number of halogens is 1. The van der Waals surface area contributed by atoms with E-state index in [1.54, 1.807) is 25.1 Å². The van der Waals surface area contributed by atoms with Crippen molar-refractivity contribution >= 4 is 0 Å². The summed E-state index contributed by atoms with van der Waals surface area (Å²) >= 11 is 0. The molecule has 0 aromatic heterocycles. The molecule has 1 aromatic rings. The highest BCUT2D eigenvalue weighted by Crippen LogP contribution is 2.19. The minimum absolute atomic E-state index is 0.271. The van der Waals surface area contributed by atoms with Crippen molar-refractivity contribution in [3.05, 3.63) is 29.6 Å². The van der Waals surface area contributed by atoms with Crippen LogP contribution >= 0.6 is 0 Å². The Hall–Kier alpha value is -1.13. The van der Waals surface area contributed by atoms with Crippen molar-refractivity contribution in [2.24, 2.45) is 0 Å². The first-order chi connectivity index (χ1) is 9.11. The lowest BCUT2D eigenvalue weighted by molar-refractivity contribution is 0.0769. The van der Waals surface area contributed by atoms with Crippen molar-refractivity contribution in [3.63, 3.8) is 0 Å². The Morgan fingerprint density at radius 1 is 1.21 bits per heavy atom. The molecule has 1 rings (SSSR count). The Bertz CT molecular complexity index is 369. The third-order valence-corrected chi connectivity index (χ3v) is 2.64. The normalized spacial score (nSPS) is 11.0. The van der Waals surface area contributed by atoms with Gasteiger partial charge in [-0.1, -0.05) is 12.1 Å². The molecule has 1 N–H and O–H groups in total. The number of aryl methyl sites for hydroxylation is 1. The van der Waals surface area contributed by atoms with Crippen molar-refractivity contribution in [1.82, 2.24) is 5.32 Å². The minimum atomic E-state index is -0.271. The molecular formula is C15H24FNO2. The Kier molecular flexibility index (Phi) is 7.45. The van der Waals surface area contributed by atoms with E-state index in [9.17, 15) is 4.39 Å². The Morgan fingerprint density at radius 3 is 2.74 bits per heavy atom. The van der Waals surface area contributed by atoms with Gasteiger partial charge in [0, 0.05) is 13.2 Å². The number of nitrogens with one attached hydrogen (secondary N) is 1. The maximum absolute atomic E-state index is 13.6. The zero-order valence-electron chi connectivity index (χ0n) is 12.0. The molecule has 0 spiro atoms. The summed E-state index contributed by atoms with van der Waals surface area (Å²) in [6.07, 6.45) is 1.25. The number of ether oxygens (including phenoxy) is 2. The predicted molar refractivity (Wildman–Crippen MR) is 75.2 cm³/mol. The van der Waals surface area contributed by atoms with E-state index in [0.29, 0.717) is 24.5 Å². The van der Waals surface area contributed by atoms with Gasteiger partial charge in [0.25, 0.3) is 0 Å². The summed E-state index contributed by atoms with van der Waals surface area (Å²) in [6.45, 7) is 8.59. The van der Waals surface area contributed by atoms with Crippen LogP contribution in [-0.2, 0) is 4.74 Å². The van der Waals surface area contributed by atoms with Crippen LogP contribution in [0, 0.1) is 12.7 Å². The molecule has 0 fully saturated rings. The molecule has 19 heavy (non-hydrogen) atoms. The van der Waals surface area contributed by atoms with Gasteiger partial charge in [-0.2, -0.15) is 0 Å². The van der Waals surface area contributed by atoms with Gasteiger partial charge in [0.15, 0.2) is 11.6 Å². The van der Waals surface area contributed by atoms with E-state index < -0.39 is 0 Å². The SMILES string of the molecule is Cc1cccc(OCCNCCCOC(C)C)c1F. The smallest absolute Gasteiger partial charge is 0.167 e. The molecule has 0 aliphatic heterocycles. The van der Waals surface area contributed by atoms with Crippen LogP contribution in [0.5, 0.6) is 5.75 Å². The maximum Gasteiger partial charge on any atom is 0.167 e. The lowest BCUT2D eigenvalue weighted by Gasteiger charge is -2.10. The van der Waals surface area contributed by atoms with Crippen LogP contribution in [0.3, 0.4) is 0 Å². The van der Waals surface area contributed by atoms with E-state index in [0.717, 1.165) is 19.6 Å². The summed E-state index contributed by atoms with van der Waals surface area (Å²) in [7, 11) is 0. The van der Waals surface area contributed by atoms with Crippen molar-refractivity contribution in [3.8, 4) is 5.75 Å². The Morgan fingerprint density at radius 2 is 2.00 bits per heavy atom. The van der Waals surface area contributed by atoms with Crippen molar-refractivity contribution in [2.45, 2.75) is 33.3 Å². The number of hydrogen-bond donors (Lipinski definition) is 1. The fourth-order valence-corrected chi connectivity index (χ4v) is 1.61. The van der Waals surface area contributed by atoms with Crippen molar-refractivity contribution in [2.75, 3.05) is 26.3 Å². The van der Waals surface area contributed by atoms with E-state index in [4.69, 9.17) is 9.47 Å². The topological polar surface area (TPSA) is 30.5 Å². The zero-order valence-corrected chi connectivity index (χ0v) is 12.0. The van der Waals surface area contributed by atoms with Crippen LogP contribution in [0.4, 0.5) is 4.39 Å². The number of benzene rings is 1. The minimum Gasteiger partial charge on any atom is -0.489 e. The summed E-state index contributed by atoms with van der Waals surface area (Å²) in [6, 6.07) is 5.18. The molecule has 0 aliphatic carbocycles. The first kappa shape index (κ1) is 15.9. The van der Waals surface area contributed by atoms with Crippen LogP contribution < -0.4 is 10.1 Å². The molecule has 0 heterocycles. The Labute approximate surface area is 115 Å². The second-order valence-electron chi connectivity index (χ2n) is 4.76. The summed E-state index contributed by atoms with van der Waals surface area (Å²) in [5.74, 6) is 0.0535. The fourth-order valence-electron chi connectivity index (χ4n) is 1.61. The van der Waals surface area contributed by atoms with Crippen LogP contribution in [-0.4, -0.2) is 32.4 Å². The summed E-state index contributed by atoms with van der Waals surface area (Å²) in [5, 5.41) is 3.24. The average molecular weight is 269 g/mol. The van der Waals surface area contributed by atoms with Gasteiger partial charge >= 0.3 is 0 Å². The summed E-state index contributed by atoms with van der Waals surface area (Å²) in [5.41, 5.74) is 0.608. The lowest BCUT2D eigenvalue weighted by atomic mass is 10.2. The number of rotatable bonds is 9. The van der Waals surface area contributed by atoms with Crippen LogP contribution in [0.1, 0.15) is 25.8 Å². The van der Waals surface area contributed by atoms with Gasteiger partial charge in [-0.05, 0) is 45.4 Å². The monoisotopic (exact) mass is 269 g/mol. The molecule has 3 nitrogen and oxygen atoms in total. The molecule has 0 saturated heterocycles. The zero-order chi connectivity index (χ0) is 14.1. The third-order valence-electron chi connectivity index (χ3n) is 2.64. The highest BCUT2D eigenvalue weighted by atomic mass is 19.1. The fraction of sp³-hybridized carbons (Fsp3) is 0.600. The van der Waals surface area contributed by atoms with Gasteiger partial charge in [-0.3, -0.25) is 0 Å². The molecule has 0 unspecified atom stereocenters. The average Bonchev–Trinajstić information content (AvgIpc) is 2.37. The highest BCUT2D eigenvalue weighted by Gasteiger charge is 2.04. The molecule has 0 radical (unpaired) electrons. The third kappa shape index (κ3) is 6.55. The summed E-state index contributed by atoms with van der Waals surface area (Å²) in [4.78, 5) is 0. The number of hydrogen-bond acceptors (Lipinski definition) is 3. The van der Waals surface area contributed by atoms with Gasteiger partial charge < -0.3 is 14.8 Å². The van der Waals surface area contributed by atoms with Crippen molar-refractivity contribution in [1.29, 1.82) is 0 Å². The van der Waals surface area contributed by atoms with Gasteiger partial charge in [0.1, 0.15) is 6.61 Å². The van der Waals surface area contributed by atoms with E-state index in [1.807, 2.05) is 13.8 Å². The summed E-state index contributed by atoms with van der Waals surface area (Å²) < 4.78 is 24.4. The maximum atomic E-state index is 13.6. The lowest BCUT2D eigenvalue weighted by Crippen LogP contribution is -2.23. The highest BCUT2D eigenvalue weighted by molar-refractivity contribution is 5.29. The van der Waals surface area contributed by atoms with Crippen LogP contribution in [0.25, 0.3) is 0 Å². The van der Waals surface area contributed by atoms with Gasteiger partial charge in [-0.15, -0.1) is 0 Å². The molecule has 0 aliphatic rings. The molecule has 0 amide bonds. The molecular weight excluding hydrogens is 245 g/mol. The van der Waals surface area contributed by atoms with E-state index in [1.165, 1.54) is 0 Å². The van der Waals surface area contributed by atoms with Gasteiger partial charge in [-0.25, -0.2) is 4.39 Å².